The summed E-state index contributed by atoms with van der Waals surface area (Å²) in [6.07, 6.45) is 1.60. The normalized spacial score (nSPS) is 10.7. The summed E-state index contributed by atoms with van der Waals surface area (Å²) in [6, 6.07) is 14.9. The molecule has 5 heteroatoms. The average Bonchev–Trinajstić information content (AvgIpc) is 2.57. The summed E-state index contributed by atoms with van der Waals surface area (Å²) < 4.78 is 0.994. The summed E-state index contributed by atoms with van der Waals surface area (Å²) in [5.41, 5.74) is 1.72. The highest BCUT2D eigenvalue weighted by Gasteiger charge is 2.18. The van der Waals surface area contributed by atoms with Crippen molar-refractivity contribution in [3.05, 3.63) is 70.3 Å². The van der Waals surface area contributed by atoms with E-state index in [2.05, 4.69) is 20.9 Å². The van der Waals surface area contributed by atoms with E-state index in [1.54, 1.807) is 36.3 Å². The minimum Gasteiger partial charge on any atom is -0.505 e. The van der Waals surface area contributed by atoms with Gasteiger partial charge < -0.3 is 10.0 Å². The molecule has 2 aromatic carbocycles. The fourth-order valence-electron chi connectivity index (χ4n) is 2.44. The molecule has 0 spiro atoms. The van der Waals surface area contributed by atoms with Gasteiger partial charge in [0.2, 0.25) is 0 Å². The number of aromatic hydroxyl groups is 1. The Hall–Kier alpha value is -2.40. The molecule has 1 aromatic heterocycles. The van der Waals surface area contributed by atoms with Gasteiger partial charge in [0.05, 0.1) is 5.56 Å². The molecule has 3 aromatic rings. The number of halogens is 1. The quantitative estimate of drug-likeness (QED) is 0.758. The van der Waals surface area contributed by atoms with E-state index in [0.717, 1.165) is 15.4 Å². The van der Waals surface area contributed by atoms with Crippen molar-refractivity contribution in [3.8, 4) is 5.75 Å². The maximum Gasteiger partial charge on any atom is 0.257 e. The lowest BCUT2D eigenvalue weighted by atomic mass is 10.1. The van der Waals surface area contributed by atoms with E-state index in [4.69, 9.17) is 0 Å². The molecule has 23 heavy (non-hydrogen) atoms. The van der Waals surface area contributed by atoms with Crippen molar-refractivity contribution in [2.75, 3.05) is 7.05 Å². The predicted octanol–water partition coefficient (Wildman–Crippen LogP) is 3.98. The Morgan fingerprint density at radius 3 is 2.65 bits per heavy atom. The lowest BCUT2D eigenvalue weighted by Gasteiger charge is -2.18. The number of rotatable bonds is 3. The van der Waals surface area contributed by atoms with Crippen molar-refractivity contribution >= 4 is 32.7 Å². The molecular weight excluding hydrogens is 356 g/mol. The SMILES string of the molecule is CN(Cc1ccc(Br)cc1)C(=O)c1ccc2cccnc2c1O. The monoisotopic (exact) mass is 370 g/mol. The van der Waals surface area contributed by atoms with E-state index < -0.39 is 0 Å². The van der Waals surface area contributed by atoms with E-state index in [1.807, 2.05) is 30.3 Å². The van der Waals surface area contributed by atoms with Crippen LogP contribution in [0, 0.1) is 0 Å². The van der Waals surface area contributed by atoms with Crippen LogP contribution in [0.15, 0.2) is 59.2 Å². The van der Waals surface area contributed by atoms with Gasteiger partial charge in [0.15, 0.2) is 5.75 Å². The lowest BCUT2D eigenvalue weighted by molar-refractivity contribution is 0.0782. The van der Waals surface area contributed by atoms with Crippen molar-refractivity contribution in [1.82, 2.24) is 9.88 Å². The zero-order valence-corrected chi connectivity index (χ0v) is 14.1. The second kappa shape index (κ2) is 6.38. The Morgan fingerprint density at radius 2 is 1.91 bits per heavy atom. The molecule has 116 valence electrons. The third-order valence-corrected chi connectivity index (χ3v) is 4.19. The summed E-state index contributed by atoms with van der Waals surface area (Å²) in [5.74, 6) is -0.311. The molecule has 4 nitrogen and oxygen atoms in total. The molecule has 1 N–H and O–H groups in total. The van der Waals surface area contributed by atoms with E-state index in [0.29, 0.717) is 12.1 Å². The summed E-state index contributed by atoms with van der Waals surface area (Å²) in [4.78, 5) is 18.3. The summed E-state index contributed by atoms with van der Waals surface area (Å²) in [7, 11) is 1.71. The number of phenolic OH excluding ortho intramolecular Hbond substituents is 1. The Labute approximate surface area is 142 Å². The first kappa shape index (κ1) is 15.5. The van der Waals surface area contributed by atoms with Crippen LogP contribution in [0.3, 0.4) is 0 Å². The summed E-state index contributed by atoms with van der Waals surface area (Å²) >= 11 is 3.39. The maximum atomic E-state index is 12.6. The van der Waals surface area contributed by atoms with Gasteiger partial charge in [-0.3, -0.25) is 9.78 Å². The van der Waals surface area contributed by atoms with Crippen LogP contribution < -0.4 is 0 Å². The van der Waals surface area contributed by atoms with Crippen LogP contribution in [-0.2, 0) is 6.54 Å². The maximum absolute atomic E-state index is 12.6. The topological polar surface area (TPSA) is 53.4 Å². The van der Waals surface area contributed by atoms with Gasteiger partial charge in [-0.15, -0.1) is 0 Å². The molecular formula is C18H15BrN2O2. The van der Waals surface area contributed by atoms with Crippen molar-refractivity contribution in [2.45, 2.75) is 6.54 Å². The number of hydrogen-bond donors (Lipinski definition) is 1. The zero-order chi connectivity index (χ0) is 16.4. The molecule has 1 heterocycles. The lowest BCUT2D eigenvalue weighted by Crippen LogP contribution is -2.26. The van der Waals surface area contributed by atoms with E-state index in [9.17, 15) is 9.90 Å². The van der Waals surface area contributed by atoms with Crippen molar-refractivity contribution < 1.29 is 9.90 Å². The number of benzene rings is 2. The highest BCUT2D eigenvalue weighted by atomic mass is 79.9. The van der Waals surface area contributed by atoms with Gasteiger partial charge >= 0.3 is 0 Å². The first-order valence-corrected chi connectivity index (χ1v) is 7.92. The molecule has 0 fully saturated rings. The Kier molecular flexibility index (Phi) is 4.30. The highest BCUT2D eigenvalue weighted by molar-refractivity contribution is 9.10. The minimum absolute atomic E-state index is 0.0734. The van der Waals surface area contributed by atoms with Crippen molar-refractivity contribution in [2.24, 2.45) is 0 Å². The number of aromatic nitrogens is 1. The van der Waals surface area contributed by atoms with Crippen molar-refractivity contribution in [3.63, 3.8) is 0 Å². The zero-order valence-electron chi connectivity index (χ0n) is 12.5. The molecule has 3 rings (SSSR count). The number of fused-ring (bicyclic) bond motifs is 1. The van der Waals surface area contributed by atoms with Crippen molar-refractivity contribution in [1.29, 1.82) is 0 Å². The Bertz CT molecular complexity index is 863. The van der Waals surface area contributed by atoms with Gasteiger partial charge in [-0.1, -0.05) is 40.2 Å². The standard InChI is InChI=1S/C18H15BrN2O2/c1-21(11-12-4-7-14(19)8-5-12)18(23)15-9-6-13-3-2-10-20-16(13)17(15)22/h2-10,22H,11H2,1H3. The Morgan fingerprint density at radius 1 is 1.17 bits per heavy atom. The molecule has 0 unspecified atom stereocenters. The van der Waals surface area contributed by atoms with Gasteiger partial charge in [-0.05, 0) is 29.8 Å². The van der Waals surface area contributed by atoms with E-state index in [-0.39, 0.29) is 17.2 Å². The van der Waals surface area contributed by atoms with Crippen LogP contribution >= 0.6 is 15.9 Å². The van der Waals surface area contributed by atoms with Gasteiger partial charge in [0.25, 0.3) is 5.91 Å². The fourth-order valence-corrected chi connectivity index (χ4v) is 2.71. The summed E-state index contributed by atoms with van der Waals surface area (Å²) in [5, 5.41) is 11.2. The first-order chi connectivity index (χ1) is 11.1. The molecule has 1 amide bonds. The molecule has 0 atom stereocenters. The third kappa shape index (κ3) is 3.19. The fraction of sp³-hybridized carbons (Fsp3) is 0.111. The largest absolute Gasteiger partial charge is 0.505 e. The second-order valence-corrected chi connectivity index (χ2v) is 6.24. The van der Waals surface area contributed by atoms with Crippen LogP contribution in [0.4, 0.5) is 0 Å². The molecule has 0 aliphatic heterocycles. The number of pyridine rings is 1. The van der Waals surface area contributed by atoms with Crippen LogP contribution in [0.2, 0.25) is 0 Å². The smallest absolute Gasteiger partial charge is 0.257 e. The first-order valence-electron chi connectivity index (χ1n) is 7.13. The molecule has 0 saturated carbocycles. The summed E-state index contributed by atoms with van der Waals surface area (Å²) in [6.45, 7) is 0.464. The third-order valence-electron chi connectivity index (χ3n) is 3.66. The molecule has 0 aliphatic carbocycles. The highest BCUT2D eigenvalue weighted by Crippen LogP contribution is 2.27. The van der Waals surface area contributed by atoms with Crippen LogP contribution in [-0.4, -0.2) is 27.9 Å². The number of carbonyl (C=O) groups is 1. The minimum atomic E-state index is -0.238. The number of amides is 1. The number of phenols is 1. The number of carbonyl (C=O) groups excluding carboxylic acids is 1. The van der Waals surface area contributed by atoms with E-state index in [1.165, 1.54) is 0 Å². The van der Waals surface area contributed by atoms with Gasteiger partial charge in [-0.25, -0.2) is 0 Å². The van der Waals surface area contributed by atoms with Crippen LogP contribution in [0.5, 0.6) is 5.75 Å². The second-order valence-electron chi connectivity index (χ2n) is 5.32. The molecule has 0 radical (unpaired) electrons. The van der Waals surface area contributed by atoms with Crippen LogP contribution in [0.25, 0.3) is 10.9 Å². The molecule has 0 bridgehead atoms. The van der Waals surface area contributed by atoms with Gasteiger partial charge in [0.1, 0.15) is 5.52 Å². The predicted molar refractivity (Wildman–Crippen MR) is 93.3 cm³/mol. The van der Waals surface area contributed by atoms with Gasteiger partial charge in [-0.2, -0.15) is 0 Å². The van der Waals surface area contributed by atoms with Gasteiger partial charge in [0, 0.05) is 29.6 Å². The Balaban J connectivity index is 1.87. The molecule has 0 aliphatic rings. The van der Waals surface area contributed by atoms with E-state index >= 15 is 0 Å². The van der Waals surface area contributed by atoms with Crippen LogP contribution in [0.1, 0.15) is 15.9 Å². The average molecular weight is 371 g/mol. The number of nitrogens with zero attached hydrogens (tertiary/aromatic N) is 2. The number of hydrogen-bond acceptors (Lipinski definition) is 3. The molecule has 0 saturated heterocycles.